The number of halogens is 1. The molecule has 0 amide bonds. The molecule has 0 bridgehead atoms. The van der Waals surface area contributed by atoms with E-state index in [1.807, 2.05) is 0 Å². The Labute approximate surface area is 121 Å². The number of rotatable bonds is 5. The maximum absolute atomic E-state index is 10.8. The lowest BCUT2D eigenvalue weighted by Gasteiger charge is -2.11. The first-order chi connectivity index (χ1) is 9.53. The molecule has 0 aliphatic carbocycles. The molecule has 20 heavy (non-hydrogen) atoms. The molecule has 0 atom stereocenters. The van der Waals surface area contributed by atoms with Crippen molar-refractivity contribution in [2.75, 3.05) is 13.7 Å². The molecule has 0 saturated heterocycles. The van der Waals surface area contributed by atoms with Crippen LogP contribution in [0.4, 0.5) is 0 Å². The zero-order valence-corrected chi connectivity index (χ0v) is 11.3. The summed E-state index contributed by atoms with van der Waals surface area (Å²) in [7, 11) is 1.41. The highest BCUT2D eigenvalue weighted by Gasteiger charge is 2.13. The van der Waals surface area contributed by atoms with Crippen molar-refractivity contribution in [2.45, 2.75) is 0 Å². The smallest absolute Gasteiger partial charge is 0.346 e. The van der Waals surface area contributed by atoms with Crippen LogP contribution in [0, 0.1) is 23.7 Å². The molecule has 102 valence electrons. The summed E-state index contributed by atoms with van der Waals surface area (Å²) in [6.45, 7) is 0.0177. The summed E-state index contributed by atoms with van der Waals surface area (Å²) in [6, 6.07) is 4.53. The van der Waals surface area contributed by atoms with Crippen LogP contribution in [0.5, 0.6) is 11.5 Å². The highest BCUT2D eigenvalue weighted by molar-refractivity contribution is 6.32. The molecule has 0 fully saturated rings. The molecule has 5 nitrogen and oxygen atoms in total. The number of nitriles is 1. The van der Waals surface area contributed by atoms with Gasteiger partial charge in [-0.2, -0.15) is 5.26 Å². The van der Waals surface area contributed by atoms with Crippen molar-refractivity contribution < 1.29 is 19.4 Å². The quantitative estimate of drug-likeness (QED) is 0.512. The SMILES string of the molecule is C#CCOc1c(Cl)cc(/C=C(\C#N)C(=O)O)cc1OC. The molecule has 0 spiro atoms. The predicted molar refractivity (Wildman–Crippen MR) is 73.6 cm³/mol. The Kier molecular flexibility index (Phi) is 5.46. The molecule has 0 aliphatic heterocycles. The van der Waals surface area contributed by atoms with E-state index in [-0.39, 0.29) is 17.4 Å². The minimum Gasteiger partial charge on any atom is -0.493 e. The van der Waals surface area contributed by atoms with Gasteiger partial charge in [0.15, 0.2) is 11.5 Å². The van der Waals surface area contributed by atoms with E-state index in [2.05, 4.69) is 5.92 Å². The molecule has 1 N–H and O–H groups in total. The first-order valence-electron chi connectivity index (χ1n) is 5.32. The van der Waals surface area contributed by atoms with E-state index < -0.39 is 11.5 Å². The standard InChI is InChI=1S/C14H10ClNO4/c1-3-4-20-13-11(15)6-9(7-12(13)19-2)5-10(8-16)14(17)18/h1,5-7H,4H2,2H3,(H,17,18)/b10-5+. The number of carboxylic acid groups (broad SMARTS) is 1. The number of benzene rings is 1. The second-order valence-electron chi connectivity index (χ2n) is 3.50. The highest BCUT2D eigenvalue weighted by atomic mass is 35.5. The fraction of sp³-hybridized carbons (Fsp3) is 0.143. The maximum atomic E-state index is 10.8. The molecular formula is C14H10ClNO4. The summed E-state index contributed by atoms with van der Waals surface area (Å²) in [5, 5.41) is 17.7. The van der Waals surface area contributed by atoms with Gasteiger partial charge in [-0.05, 0) is 23.8 Å². The van der Waals surface area contributed by atoms with Crippen LogP contribution in [0.1, 0.15) is 5.56 Å². The van der Waals surface area contributed by atoms with Crippen LogP contribution in [0.15, 0.2) is 17.7 Å². The number of hydrogen-bond acceptors (Lipinski definition) is 4. The molecule has 1 rings (SSSR count). The second kappa shape index (κ2) is 7.08. The van der Waals surface area contributed by atoms with Gasteiger partial charge in [0.2, 0.25) is 0 Å². The Bertz CT molecular complexity index is 638. The van der Waals surface area contributed by atoms with Crippen molar-refractivity contribution in [1.82, 2.24) is 0 Å². The predicted octanol–water partition coefficient (Wildman–Crippen LogP) is 2.35. The molecule has 0 radical (unpaired) electrons. The van der Waals surface area contributed by atoms with Gasteiger partial charge >= 0.3 is 5.97 Å². The summed E-state index contributed by atoms with van der Waals surface area (Å²) < 4.78 is 10.3. The van der Waals surface area contributed by atoms with Gasteiger partial charge in [-0.3, -0.25) is 0 Å². The third-order valence-corrected chi connectivity index (χ3v) is 2.49. The van der Waals surface area contributed by atoms with Crippen molar-refractivity contribution in [2.24, 2.45) is 0 Å². The average molecular weight is 292 g/mol. The number of terminal acetylenes is 1. The van der Waals surface area contributed by atoms with E-state index in [0.717, 1.165) is 0 Å². The van der Waals surface area contributed by atoms with Gasteiger partial charge in [0, 0.05) is 0 Å². The van der Waals surface area contributed by atoms with Crippen LogP contribution < -0.4 is 9.47 Å². The van der Waals surface area contributed by atoms with Crippen LogP contribution in [0.25, 0.3) is 6.08 Å². The van der Waals surface area contributed by atoms with Crippen molar-refractivity contribution in [1.29, 1.82) is 5.26 Å². The van der Waals surface area contributed by atoms with Gasteiger partial charge in [0.05, 0.1) is 12.1 Å². The molecule has 0 unspecified atom stereocenters. The monoisotopic (exact) mass is 291 g/mol. The van der Waals surface area contributed by atoms with Gasteiger partial charge in [-0.25, -0.2) is 4.79 Å². The van der Waals surface area contributed by atoms with E-state index >= 15 is 0 Å². The molecule has 0 aromatic heterocycles. The molecular weight excluding hydrogens is 282 g/mol. The topological polar surface area (TPSA) is 79.5 Å². The van der Waals surface area contributed by atoms with Crippen molar-refractivity contribution in [3.8, 4) is 29.9 Å². The van der Waals surface area contributed by atoms with Crippen molar-refractivity contribution >= 4 is 23.6 Å². The molecule has 6 heteroatoms. The van der Waals surface area contributed by atoms with Crippen LogP contribution in [0.2, 0.25) is 5.02 Å². The summed E-state index contributed by atoms with van der Waals surface area (Å²) >= 11 is 6.02. The Balaban J connectivity index is 3.27. The van der Waals surface area contributed by atoms with Gasteiger partial charge in [-0.15, -0.1) is 6.42 Å². The Morgan fingerprint density at radius 1 is 1.60 bits per heavy atom. The minimum atomic E-state index is -1.32. The molecule has 0 heterocycles. The fourth-order valence-corrected chi connectivity index (χ4v) is 1.66. The summed E-state index contributed by atoms with van der Waals surface area (Å²) in [5.74, 6) is 1.53. The van der Waals surface area contributed by atoms with E-state index in [1.54, 1.807) is 6.07 Å². The number of ether oxygens (including phenoxy) is 2. The normalized spacial score (nSPS) is 10.3. The average Bonchev–Trinajstić information content (AvgIpc) is 2.42. The van der Waals surface area contributed by atoms with E-state index in [4.69, 9.17) is 37.9 Å². The van der Waals surface area contributed by atoms with Crippen LogP contribution in [-0.4, -0.2) is 24.8 Å². The third kappa shape index (κ3) is 3.68. The van der Waals surface area contributed by atoms with Gasteiger partial charge in [0.25, 0.3) is 0 Å². The largest absolute Gasteiger partial charge is 0.493 e. The number of hydrogen-bond donors (Lipinski definition) is 1. The summed E-state index contributed by atoms with van der Waals surface area (Å²) in [5.41, 5.74) is -0.0146. The van der Waals surface area contributed by atoms with Crippen LogP contribution in [-0.2, 0) is 4.79 Å². The molecule has 1 aromatic rings. The van der Waals surface area contributed by atoms with Gasteiger partial charge in [0.1, 0.15) is 18.2 Å². The fourth-order valence-electron chi connectivity index (χ4n) is 1.39. The summed E-state index contributed by atoms with van der Waals surface area (Å²) in [6.07, 6.45) is 6.28. The number of nitrogens with zero attached hydrogens (tertiary/aromatic N) is 1. The second-order valence-corrected chi connectivity index (χ2v) is 3.91. The lowest BCUT2D eigenvalue weighted by atomic mass is 10.1. The minimum absolute atomic E-state index is 0.0177. The van der Waals surface area contributed by atoms with E-state index in [9.17, 15) is 4.79 Å². The molecule has 0 aliphatic rings. The number of aliphatic carboxylic acids is 1. The van der Waals surface area contributed by atoms with E-state index in [1.165, 1.54) is 25.3 Å². The highest BCUT2D eigenvalue weighted by Crippen LogP contribution is 2.36. The van der Waals surface area contributed by atoms with Crippen LogP contribution >= 0.6 is 11.6 Å². The maximum Gasteiger partial charge on any atom is 0.346 e. The van der Waals surface area contributed by atoms with E-state index in [0.29, 0.717) is 11.3 Å². The van der Waals surface area contributed by atoms with Gasteiger partial charge < -0.3 is 14.6 Å². The molecule has 0 saturated carbocycles. The Morgan fingerprint density at radius 2 is 2.30 bits per heavy atom. The zero-order chi connectivity index (χ0) is 15.1. The van der Waals surface area contributed by atoms with Crippen molar-refractivity contribution in [3.63, 3.8) is 0 Å². The number of carbonyl (C=O) groups is 1. The van der Waals surface area contributed by atoms with Crippen LogP contribution in [0.3, 0.4) is 0 Å². The third-order valence-electron chi connectivity index (χ3n) is 2.21. The first-order valence-corrected chi connectivity index (χ1v) is 5.70. The summed E-state index contributed by atoms with van der Waals surface area (Å²) in [4.78, 5) is 10.8. The zero-order valence-electron chi connectivity index (χ0n) is 10.5. The Hall–Kier alpha value is -2.63. The van der Waals surface area contributed by atoms with Gasteiger partial charge in [-0.1, -0.05) is 17.5 Å². The lowest BCUT2D eigenvalue weighted by molar-refractivity contribution is -0.132. The molecule has 1 aromatic carbocycles. The lowest BCUT2D eigenvalue weighted by Crippen LogP contribution is -1.99. The van der Waals surface area contributed by atoms with Crippen molar-refractivity contribution in [3.05, 3.63) is 28.3 Å². The first kappa shape index (κ1) is 15.4. The Morgan fingerprint density at radius 3 is 2.80 bits per heavy atom. The number of methoxy groups -OCH3 is 1. The number of carboxylic acids is 1.